The van der Waals surface area contributed by atoms with E-state index in [2.05, 4.69) is 36.3 Å². The molecular weight excluding hydrogens is 190 g/mol. The third-order valence-electron chi connectivity index (χ3n) is 2.42. The van der Waals surface area contributed by atoms with Gasteiger partial charge in [0.1, 0.15) is 0 Å². The van der Waals surface area contributed by atoms with Crippen LogP contribution in [0.4, 0.5) is 0 Å². The van der Waals surface area contributed by atoms with Gasteiger partial charge in [-0.2, -0.15) is 0 Å². The smallest absolute Gasteiger partial charge is 0.234 e. The van der Waals surface area contributed by atoms with Crippen molar-refractivity contribution in [3.63, 3.8) is 0 Å². The number of carbonyl (C=O) groups is 1. The normalized spacial score (nSPS) is 19.8. The summed E-state index contributed by atoms with van der Waals surface area (Å²) >= 11 is 0. The van der Waals surface area contributed by atoms with Gasteiger partial charge >= 0.3 is 0 Å². The van der Waals surface area contributed by atoms with E-state index in [9.17, 15) is 4.79 Å². The first-order chi connectivity index (χ1) is 6.97. The fraction of sp³-hybridized carbons (Fsp3) is 0.909. The highest BCUT2D eigenvalue weighted by Gasteiger charge is 2.15. The maximum Gasteiger partial charge on any atom is 0.234 e. The Labute approximate surface area is 92.4 Å². The van der Waals surface area contributed by atoms with E-state index in [4.69, 9.17) is 0 Å². The summed E-state index contributed by atoms with van der Waals surface area (Å²) in [5.74, 6) is 0.156. The molecule has 4 heteroatoms. The van der Waals surface area contributed by atoms with Gasteiger partial charge in [0.15, 0.2) is 0 Å². The van der Waals surface area contributed by atoms with Gasteiger partial charge in [-0.25, -0.2) is 0 Å². The topological polar surface area (TPSA) is 44.4 Å². The van der Waals surface area contributed by atoms with Gasteiger partial charge in [-0.15, -0.1) is 0 Å². The Morgan fingerprint density at radius 1 is 1.47 bits per heavy atom. The summed E-state index contributed by atoms with van der Waals surface area (Å²) in [5.41, 5.74) is 0.161. The maximum absolute atomic E-state index is 11.3. The first-order valence-electron chi connectivity index (χ1n) is 5.71. The van der Waals surface area contributed by atoms with Crippen LogP contribution in [0.3, 0.4) is 0 Å². The van der Waals surface area contributed by atoms with Gasteiger partial charge in [0.2, 0.25) is 5.91 Å². The molecule has 1 aliphatic rings. The van der Waals surface area contributed by atoms with Gasteiger partial charge in [-0.3, -0.25) is 9.69 Å². The predicted molar refractivity (Wildman–Crippen MR) is 61.8 cm³/mol. The van der Waals surface area contributed by atoms with Gasteiger partial charge < -0.3 is 10.6 Å². The van der Waals surface area contributed by atoms with E-state index in [0.29, 0.717) is 6.54 Å². The molecule has 0 bridgehead atoms. The molecule has 0 spiro atoms. The molecule has 0 unspecified atom stereocenters. The Kier molecular flexibility index (Phi) is 4.54. The van der Waals surface area contributed by atoms with Gasteiger partial charge in [-0.05, 0) is 27.2 Å². The largest absolute Gasteiger partial charge is 0.355 e. The van der Waals surface area contributed by atoms with Crippen LogP contribution < -0.4 is 10.6 Å². The highest BCUT2D eigenvalue weighted by atomic mass is 16.2. The molecule has 0 aromatic carbocycles. The molecule has 1 amide bonds. The van der Waals surface area contributed by atoms with Crippen molar-refractivity contribution in [2.45, 2.75) is 32.7 Å². The molecular formula is C11H23N3O. The molecule has 2 N–H and O–H groups in total. The third-order valence-corrected chi connectivity index (χ3v) is 2.42. The molecule has 0 atom stereocenters. The standard InChI is InChI=1S/C11H23N3O/c1-11(2,3)13-6-8-14-7-4-5-12-10(15)9-14/h13H,4-9H2,1-3H3,(H,12,15). The molecule has 0 saturated carbocycles. The first-order valence-corrected chi connectivity index (χ1v) is 5.71. The molecule has 1 aliphatic heterocycles. The van der Waals surface area contributed by atoms with Gasteiger partial charge in [-0.1, -0.05) is 0 Å². The van der Waals surface area contributed by atoms with Crippen molar-refractivity contribution in [2.75, 3.05) is 32.7 Å². The van der Waals surface area contributed by atoms with Crippen LogP contribution in [0, 0.1) is 0 Å². The van der Waals surface area contributed by atoms with E-state index in [1.807, 2.05) is 0 Å². The van der Waals surface area contributed by atoms with E-state index in [1.165, 1.54) is 0 Å². The fourth-order valence-electron chi connectivity index (χ4n) is 1.65. The first kappa shape index (κ1) is 12.5. The van der Waals surface area contributed by atoms with Crippen LogP contribution >= 0.6 is 0 Å². The molecule has 0 aromatic rings. The summed E-state index contributed by atoms with van der Waals surface area (Å²) in [6.07, 6.45) is 1.06. The van der Waals surface area contributed by atoms with E-state index in [-0.39, 0.29) is 11.4 Å². The second-order valence-corrected chi connectivity index (χ2v) is 5.16. The third kappa shape index (κ3) is 5.74. The highest BCUT2D eigenvalue weighted by molar-refractivity contribution is 5.78. The van der Waals surface area contributed by atoms with Crippen LogP contribution in [0.25, 0.3) is 0 Å². The van der Waals surface area contributed by atoms with Crippen molar-refractivity contribution < 1.29 is 4.79 Å². The number of hydrogen-bond acceptors (Lipinski definition) is 3. The number of rotatable bonds is 3. The average molecular weight is 213 g/mol. The lowest BCUT2D eigenvalue weighted by Gasteiger charge is -2.24. The minimum atomic E-state index is 0.156. The molecule has 0 aromatic heterocycles. The van der Waals surface area contributed by atoms with Gasteiger partial charge in [0.05, 0.1) is 6.54 Å². The van der Waals surface area contributed by atoms with Gasteiger partial charge in [0, 0.05) is 31.7 Å². The average Bonchev–Trinajstić information content (AvgIpc) is 2.27. The lowest BCUT2D eigenvalue weighted by molar-refractivity contribution is -0.121. The summed E-state index contributed by atoms with van der Waals surface area (Å²) in [6, 6.07) is 0. The van der Waals surface area contributed by atoms with E-state index in [1.54, 1.807) is 0 Å². The van der Waals surface area contributed by atoms with Crippen molar-refractivity contribution in [3.8, 4) is 0 Å². The summed E-state index contributed by atoms with van der Waals surface area (Å²) < 4.78 is 0. The van der Waals surface area contributed by atoms with Crippen LogP contribution in [-0.4, -0.2) is 49.1 Å². The second-order valence-electron chi connectivity index (χ2n) is 5.16. The molecule has 1 fully saturated rings. The summed E-state index contributed by atoms with van der Waals surface area (Å²) in [5, 5.41) is 6.31. The molecule has 1 saturated heterocycles. The number of nitrogens with zero attached hydrogens (tertiary/aromatic N) is 1. The number of hydrogen-bond donors (Lipinski definition) is 2. The highest BCUT2D eigenvalue weighted by Crippen LogP contribution is 1.99. The second kappa shape index (κ2) is 5.47. The van der Waals surface area contributed by atoms with E-state index in [0.717, 1.165) is 32.6 Å². The quantitative estimate of drug-likeness (QED) is 0.704. The van der Waals surface area contributed by atoms with Crippen molar-refractivity contribution >= 4 is 5.91 Å². The molecule has 4 nitrogen and oxygen atoms in total. The molecule has 1 heterocycles. The molecule has 0 aliphatic carbocycles. The summed E-state index contributed by atoms with van der Waals surface area (Å²) in [7, 11) is 0. The number of nitrogens with one attached hydrogen (secondary N) is 2. The number of amides is 1. The SMILES string of the molecule is CC(C)(C)NCCN1CCCNC(=O)C1. The molecule has 88 valence electrons. The molecule has 0 radical (unpaired) electrons. The fourth-order valence-corrected chi connectivity index (χ4v) is 1.65. The minimum Gasteiger partial charge on any atom is -0.355 e. The van der Waals surface area contributed by atoms with Crippen LogP contribution in [0.5, 0.6) is 0 Å². The van der Waals surface area contributed by atoms with Crippen LogP contribution in [0.2, 0.25) is 0 Å². The van der Waals surface area contributed by atoms with Crippen molar-refractivity contribution in [1.82, 2.24) is 15.5 Å². The Balaban J connectivity index is 2.22. The maximum atomic E-state index is 11.3. The van der Waals surface area contributed by atoms with Crippen LogP contribution in [0.15, 0.2) is 0 Å². The monoisotopic (exact) mass is 213 g/mol. The lowest BCUT2D eigenvalue weighted by atomic mass is 10.1. The Morgan fingerprint density at radius 2 is 2.20 bits per heavy atom. The Hall–Kier alpha value is -0.610. The Morgan fingerprint density at radius 3 is 2.87 bits per heavy atom. The van der Waals surface area contributed by atoms with Gasteiger partial charge in [0.25, 0.3) is 0 Å². The zero-order valence-electron chi connectivity index (χ0n) is 10.1. The Bertz CT molecular complexity index is 210. The molecule has 1 rings (SSSR count). The van der Waals surface area contributed by atoms with Crippen molar-refractivity contribution in [2.24, 2.45) is 0 Å². The van der Waals surface area contributed by atoms with Crippen LogP contribution in [-0.2, 0) is 4.79 Å². The van der Waals surface area contributed by atoms with Crippen molar-refractivity contribution in [1.29, 1.82) is 0 Å². The lowest BCUT2D eigenvalue weighted by Crippen LogP contribution is -2.43. The van der Waals surface area contributed by atoms with E-state index >= 15 is 0 Å². The van der Waals surface area contributed by atoms with Crippen molar-refractivity contribution in [3.05, 3.63) is 0 Å². The molecule has 15 heavy (non-hydrogen) atoms. The number of carbonyl (C=O) groups excluding carboxylic acids is 1. The minimum absolute atomic E-state index is 0.156. The summed E-state index contributed by atoms with van der Waals surface area (Å²) in [4.78, 5) is 13.5. The zero-order valence-corrected chi connectivity index (χ0v) is 10.1. The van der Waals surface area contributed by atoms with E-state index < -0.39 is 0 Å². The van der Waals surface area contributed by atoms with Crippen LogP contribution in [0.1, 0.15) is 27.2 Å². The zero-order chi connectivity index (χ0) is 11.3. The predicted octanol–water partition coefficient (Wildman–Crippen LogP) is 0.196. The summed E-state index contributed by atoms with van der Waals surface area (Å²) in [6.45, 7) is 10.7.